The SMILES string of the molecule is NN(C(=O)Nc1ccccc1)c1ccnc2ccccc12. The Morgan fingerprint density at radius 3 is 2.52 bits per heavy atom. The van der Waals surface area contributed by atoms with Gasteiger partial charge in [0, 0.05) is 17.3 Å². The van der Waals surface area contributed by atoms with E-state index in [1.807, 2.05) is 42.5 Å². The van der Waals surface area contributed by atoms with Gasteiger partial charge in [-0.15, -0.1) is 0 Å². The van der Waals surface area contributed by atoms with Gasteiger partial charge >= 0.3 is 6.03 Å². The number of hydrazine groups is 1. The number of urea groups is 1. The molecule has 2 amide bonds. The van der Waals surface area contributed by atoms with E-state index in [1.54, 1.807) is 24.4 Å². The van der Waals surface area contributed by atoms with Crippen LogP contribution in [0.15, 0.2) is 66.9 Å². The smallest absolute Gasteiger partial charge is 0.306 e. The number of amides is 2. The van der Waals surface area contributed by atoms with Crippen molar-refractivity contribution in [2.45, 2.75) is 0 Å². The molecule has 0 saturated carbocycles. The largest absolute Gasteiger partial charge is 0.340 e. The molecule has 3 rings (SSSR count). The number of carbonyl (C=O) groups is 1. The molecule has 5 heteroatoms. The summed E-state index contributed by atoms with van der Waals surface area (Å²) >= 11 is 0. The first-order chi connectivity index (χ1) is 10.3. The van der Waals surface area contributed by atoms with Crippen LogP contribution in [0.2, 0.25) is 0 Å². The Labute approximate surface area is 122 Å². The number of carbonyl (C=O) groups excluding carboxylic acids is 1. The minimum atomic E-state index is -0.405. The van der Waals surface area contributed by atoms with Gasteiger partial charge in [0.1, 0.15) is 0 Å². The average molecular weight is 278 g/mol. The molecule has 0 spiro atoms. The predicted octanol–water partition coefficient (Wildman–Crippen LogP) is 3.15. The van der Waals surface area contributed by atoms with Crippen LogP contribution >= 0.6 is 0 Å². The Kier molecular flexibility index (Phi) is 3.49. The maximum Gasteiger partial charge on any atom is 0.340 e. The second kappa shape index (κ2) is 5.60. The summed E-state index contributed by atoms with van der Waals surface area (Å²) in [6.45, 7) is 0. The number of nitrogens with two attached hydrogens (primary N) is 1. The van der Waals surface area contributed by atoms with Crippen LogP contribution in [0.5, 0.6) is 0 Å². The standard InChI is InChI=1S/C16H14N4O/c17-20(16(21)19-12-6-2-1-3-7-12)15-10-11-18-14-9-5-4-8-13(14)15/h1-11H,17H2,(H,19,21). The molecule has 5 nitrogen and oxygen atoms in total. The fourth-order valence-electron chi connectivity index (χ4n) is 2.11. The first-order valence-corrected chi connectivity index (χ1v) is 6.50. The molecule has 0 aliphatic heterocycles. The summed E-state index contributed by atoms with van der Waals surface area (Å²) in [6.07, 6.45) is 1.63. The number of nitrogens with zero attached hydrogens (tertiary/aromatic N) is 2. The zero-order valence-corrected chi connectivity index (χ0v) is 11.2. The van der Waals surface area contributed by atoms with Crippen molar-refractivity contribution in [1.29, 1.82) is 0 Å². The van der Waals surface area contributed by atoms with Gasteiger partial charge in [0.2, 0.25) is 0 Å². The van der Waals surface area contributed by atoms with Gasteiger partial charge in [0.25, 0.3) is 0 Å². The van der Waals surface area contributed by atoms with Gasteiger partial charge in [-0.1, -0.05) is 36.4 Å². The molecule has 1 aromatic heterocycles. The summed E-state index contributed by atoms with van der Waals surface area (Å²) in [5.41, 5.74) is 2.09. The molecule has 0 radical (unpaired) electrons. The highest BCUT2D eigenvalue weighted by atomic mass is 16.2. The molecule has 0 atom stereocenters. The lowest BCUT2D eigenvalue weighted by Gasteiger charge is -2.19. The Morgan fingerprint density at radius 2 is 1.71 bits per heavy atom. The number of nitrogens with one attached hydrogen (secondary N) is 1. The summed E-state index contributed by atoms with van der Waals surface area (Å²) in [7, 11) is 0. The third kappa shape index (κ3) is 2.68. The second-order valence-electron chi connectivity index (χ2n) is 4.51. The lowest BCUT2D eigenvalue weighted by Crippen LogP contribution is -2.40. The molecule has 0 bridgehead atoms. The molecule has 0 aliphatic carbocycles. The van der Waals surface area contributed by atoms with Crippen LogP contribution in [0.25, 0.3) is 10.9 Å². The fraction of sp³-hybridized carbons (Fsp3) is 0. The minimum absolute atomic E-state index is 0.405. The van der Waals surface area contributed by atoms with E-state index < -0.39 is 6.03 Å². The van der Waals surface area contributed by atoms with E-state index in [9.17, 15) is 4.79 Å². The van der Waals surface area contributed by atoms with Gasteiger partial charge in [-0.25, -0.2) is 15.6 Å². The molecule has 104 valence electrons. The zero-order valence-electron chi connectivity index (χ0n) is 11.2. The molecular weight excluding hydrogens is 264 g/mol. The summed E-state index contributed by atoms with van der Waals surface area (Å²) in [5.74, 6) is 5.95. The van der Waals surface area contributed by atoms with Gasteiger partial charge in [0.05, 0.1) is 11.2 Å². The summed E-state index contributed by atoms with van der Waals surface area (Å²) < 4.78 is 0. The molecule has 2 aromatic carbocycles. The maximum absolute atomic E-state index is 12.2. The van der Waals surface area contributed by atoms with Crippen LogP contribution in [0.1, 0.15) is 0 Å². The second-order valence-corrected chi connectivity index (χ2v) is 4.51. The lowest BCUT2D eigenvalue weighted by atomic mass is 10.2. The average Bonchev–Trinajstić information content (AvgIpc) is 2.54. The van der Waals surface area contributed by atoms with Crippen LogP contribution in [0.3, 0.4) is 0 Å². The number of hydrogen-bond acceptors (Lipinski definition) is 3. The molecule has 3 aromatic rings. The first kappa shape index (κ1) is 13.1. The molecule has 0 unspecified atom stereocenters. The Hall–Kier alpha value is -2.92. The van der Waals surface area contributed by atoms with Crippen molar-refractivity contribution in [3.63, 3.8) is 0 Å². The van der Waals surface area contributed by atoms with Gasteiger partial charge in [-0.2, -0.15) is 0 Å². The van der Waals surface area contributed by atoms with Gasteiger partial charge in [-0.3, -0.25) is 4.98 Å². The Bertz CT molecular complexity index is 768. The van der Waals surface area contributed by atoms with E-state index in [1.165, 1.54) is 0 Å². The highest BCUT2D eigenvalue weighted by molar-refractivity contribution is 6.06. The van der Waals surface area contributed by atoms with E-state index in [4.69, 9.17) is 5.84 Å². The van der Waals surface area contributed by atoms with Crippen molar-refractivity contribution < 1.29 is 4.79 Å². The van der Waals surface area contributed by atoms with Gasteiger partial charge < -0.3 is 5.32 Å². The molecule has 0 aliphatic rings. The molecular formula is C16H14N4O. The van der Waals surface area contributed by atoms with Crippen molar-refractivity contribution in [1.82, 2.24) is 4.98 Å². The number of hydrogen-bond donors (Lipinski definition) is 2. The molecule has 0 saturated heterocycles. The monoisotopic (exact) mass is 278 g/mol. The van der Waals surface area contributed by atoms with Crippen molar-refractivity contribution in [2.24, 2.45) is 5.84 Å². The van der Waals surface area contributed by atoms with Crippen LogP contribution in [0, 0.1) is 0 Å². The van der Waals surface area contributed by atoms with Gasteiger partial charge in [0.15, 0.2) is 0 Å². The maximum atomic E-state index is 12.2. The molecule has 0 fully saturated rings. The molecule has 3 N–H and O–H groups in total. The summed E-state index contributed by atoms with van der Waals surface area (Å²) in [4.78, 5) is 16.5. The van der Waals surface area contributed by atoms with Crippen LogP contribution < -0.4 is 16.2 Å². The number of pyridine rings is 1. The van der Waals surface area contributed by atoms with E-state index in [0.29, 0.717) is 11.4 Å². The first-order valence-electron chi connectivity index (χ1n) is 6.50. The van der Waals surface area contributed by atoms with Crippen molar-refractivity contribution in [3.8, 4) is 0 Å². The van der Waals surface area contributed by atoms with Crippen LogP contribution in [-0.4, -0.2) is 11.0 Å². The van der Waals surface area contributed by atoms with Crippen molar-refractivity contribution in [3.05, 3.63) is 66.9 Å². The number of aromatic nitrogens is 1. The quantitative estimate of drug-likeness (QED) is 0.430. The third-order valence-corrected chi connectivity index (χ3v) is 3.13. The van der Waals surface area contributed by atoms with E-state index in [-0.39, 0.29) is 0 Å². The predicted molar refractivity (Wildman–Crippen MR) is 83.9 cm³/mol. The Balaban J connectivity index is 1.90. The van der Waals surface area contributed by atoms with E-state index in [0.717, 1.165) is 15.9 Å². The van der Waals surface area contributed by atoms with Crippen LogP contribution in [0.4, 0.5) is 16.2 Å². The highest BCUT2D eigenvalue weighted by Crippen LogP contribution is 2.23. The normalized spacial score (nSPS) is 10.3. The number of benzene rings is 2. The number of rotatable bonds is 2. The fourth-order valence-corrected chi connectivity index (χ4v) is 2.11. The van der Waals surface area contributed by atoms with Crippen molar-refractivity contribution >= 4 is 28.3 Å². The van der Waals surface area contributed by atoms with Gasteiger partial charge in [-0.05, 0) is 24.3 Å². The summed E-state index contributed by atoms with van der Waals surface area (Å²) in [5, 5.41) is 4.67. The minimum Gasteiger partial charge on any atom is -0.306 e. The van der Waals surface area contributed by atoms with Crippen LogP contribution in [-0.2, 0) is 0 Å². The molecule has 21 heavy (non-hydrogen) atoms. The van der Waals surface area contributed by atoms with E-state index >= 15 is 0 Å². The molecule has 1 heterocycles. The van der Waals surface area contributed by atoms with Crippen molar-refractivity contribution in [2.75, 3.05) is 10.3 Å². The zero-order chi connectivity index (χ0) is 14.7. The highest BCUT2D eigenvalue weighted by Gasteiger charge is 2.14. The lowest BCUT2D eigenvalue weighted by molar-refractivity contribution is 0.257. The Morgan fingerprint density at radius 1 is 1.00 bits per heavy atom. The number of fused-ring (bicyclic) bond motifs is 1. The summed E-state index contributed by atoms with van der Waals surface area (Å²) in [6, 6.07) is 18.0. The number of anilines is 2. The van der Waals surface area contributed by atoms with E-state index in [2.05, 4.69) is 10.3 Å². The third-order valence-electron chi connectivity index (χ3n) is 3.13. The number of para-hydroxylation sites is 2. The topological polar surface area (TPSA) is 71.2 Å².